The first kappa shape index (κ1) is 33.0. The number of carbonyl (C=O) groups is 2. The molecule has 0 unspecified atom stereocenters. The molecular weight excluding hydrogens is 536 g/mol. The third-order valence-electron chi connectivity index (χ3n) is 4.81. The van der Waals surface area contributed by atoms with E-state index >= 15 is 0 Å². The van der Waals surface area contributed by atoms with Crippen LogP contribution in [0.15, 0.2) is 42.5 Å². The minimum Gasteiger partial charge on any atom is -0.489 e. The number of aryl methyl sites for hydroxylation is 2. The Hall–Kier alpha value is -4.07. The van der Waals surface area contributed by atoms with Crippen LogP contribution in [-0.2, 0) is 29.2 Å². The summed E-state index contributed by atoms with van der Waals surface area (Å²) in [4.78, 5) is 22.2. The summed E-state index contributed by atoms with van der Waals surface area (Å²) in [6, 6.07) is 14.6. The molecule has 0 aliphatic carbocycles. The Bertz CT molecular complexity index is 1260. The van der Waals surface area contributed by atoms with E-state index in [-0.39, 0.29) is 0 Å². The van der Waals surface area contributed by atoms with Crippen molar-refractivity contribution < 1.29 is 50.9 Å². The van der Waals surface area contributed by atoms with E-state index in [9.17, 15) is 26.3 Å². The van der Waals surface area contributed by atoms with E-state index in [1.807, 2.05) is 13.1 Å². The molecule has 14 heteroatoms. The maximum absolute atomic E-state index is 10.6. The van der Waals surface area contributed by atoms with Crippen molar-refractivity contribution in [3.63, 3.8) is 0 Å². The Balaban J connectivity index is 0.000000449. The Morgan fingerprint density at radius 1 is 0.923 bits per heavy atom. The number of benzene rings is 2. The van der Waals surface area contributed by atoms with Gasteiger partial charge in [0.1, 0.15) is 18.2 Å². The highest BCUT2D eigenvalue weighted by atomic mass is 19.4. The van der Waals surface area contributed by atoms with E-state index in [0.717, 1.165) is 40.7 Å². The first-order valence-corrected chi connectivity index (χ1v) is 11.1. The number of nitrogen functional groups attached to an aromatic ring is 1. The quantitative estimate of drug-likeness (QED) is 0.299. The van der Waals surface area contributed by atoms with Crippen molar-refractivity contribution in [1.29, 1.82) is 0 Å². The molecule has 1 aromatic heterocycles. The topological polar surface area (TPSA) is 135 Å². The second kappa shape index (κ2) is 14.2. The van der Waals surface area contributed by atoms with Crippen molar-refractivity contribution in [3.8, 4) is 5.75 Å². The van der Waals surface area contributed by atoms with Crippen LogP contribution in [0.5, 0.6) is 5.75 Å². The van der Waals surface area contributed by atoms with Crippen LogP contribution in [0.25, 0.3) is 10.9 Å². The largest absolute Gasteiger partial charge is 0.490 e. The number of hydrogen-bond donors (Lipinski definition) is 4. The van der Waals surface area contributed by atoms with E-state index < -0.39 is 24.3 Å². The van der Waals surface area contributed by atoms with Gasteiger partial charge in [-0.1, -0.05) is 25.1 Å². The summed E-state index contributed by atoms with van der Waals surface area (Å²) >= 11 is 0. The molecule has 0 saturated carbocycles. The zero-order chi connectivity index (χ0) is 30.0. The van der Waals surface area contributed by atoms with Crippen LogP contribution >= 0.6 is 0 Å². The molecule has 0 radical (unpaired) electrons. The average Bonchev–Trinajstić information content (AvgIpc) is 2.82. The van der Waals surface area contributed by atoms with Gasteiger partial charge in [0.2, 0.25) is 0 Å². The molecule has 0 aliphatic heterocycles. The lowest BCUT2D eigenvalue weighted by Gasteiger charge is -2.11. The highest BCUT2D eigenvalue weighted by molar-refractivity contribution is 5.84. The normalized spacial score (nSPS) is 11.1. The van der Waals surface area contributed by atoms with Crippen LogP contribution in [0, 0.1) is 6.92 Å². The molecule has 2 aromatic carbocycles. The molecule has 0 bridgehead atoms. The summed E-state index contributed by atoms with van der Waals surface area (Å²) in [7, 11) is 1.95. The number of carboxylic acids is 2. The minimum absolute atomic E-state index is 0.512. The fourth-order valence-electron chi connectivity index (χ4n) is 3.05. The maximum Gasteiger partial charge on any atom is 0.490 e. The molecule has 0 aliphatic rings. The van der Waals surface area contributed by atoms with Gasteiger partial charge in [0.05, 0.1) is 5.52 Å². The summed E-state index contributed by atoms with van der Waals surface area (Å²) in [6.07, 6.45) is -9.17. The number of rotatable bonds is 6. The highest BCUT2D eigenvalue weighted by Gasteiger charge is 2.38. The van der Waals surface area contributed by atoms with Gasteiger partial charge in [-0.05, 0) is 66.9 Å². The number of halogens is 6. The molecule has 0 atom stereocenters. The predicted octanol–water partition coefficient (Wildman–Crippen LogP) is 5.25. The fourth-order valence-corrected chi connectivity index (χ4v) is 3.05. The number of carboxylic acid groups (broad SMARTS) is 2. The van der Waals surface area contributed by atoms with Gasteiger partial charge in [-0.25, -0.2) is 14.6 Å². The second-order valence-electron chi connectivity index (χ2n) is 7.98. The van der Waals surface area contributed by atoms with Gasteiger partial charge < -0.3 is 26.0 Å². The molecule has 0 saturated heterocycles. The van der Waals surface area contributed by atoms with Gasteiger partial charge >= 0.3 is 24.3 Å². The number of alkyl halides is 6. The van der Waals surface area contributed by atoms with Crippen molar-refractivity contribution in [2.75, 3.05) is 12.8 Å². The monoisotopic (exact) mass is 563 g/mol. The number of pyridine rings is 1. The van der Waals surface area contributed by atoms with Crippen LogP contribution in [0.4, 0.5) is 32.2 Å². The number of nitrogens with two attached hydrogens (primary N) is 1. The lowest BCUT2D eigenvalue weighted by Crippen LogP contribution is -2.21. The van der Waals surface area contributed by atoms with Gasteiger partial charge in [0, 0.05) is 11.9 Å². The number of ether oxygens (including phenoxy) is 1. The summed E-state index contributed by atoms with van der Waals surface area (Å²) in [5.74, 6) is -4.06. The molecular formula is C25H27F6N3O5. The summed E-state index contributed by atoms with van der Waals surface area (Å²) in [5, 5.41) is 18.6. The molecule has 8 nitrogen and oxygen atoms in total. The zero-order valence-corrected chi connectivity index (χ0v) is 21.1. The number of aliphatic carboxylic acids is 2. The van der Waals surface area contributed by atoms with E-state index in [1.165, 1.54) is 11.1 Å². The smallest absolute Gasteiger partial charge is 0.489 e. The highest BCUT2D eigenvalue weighted by Crippen LogP contribution is 2.23. The zero-order valence-electron chi connectivity index (χ0n) is 21.1. The number of aromatic nitrogens is 1. The second-order valence-corrected chi connectivity index (χ2v) is 7.98. The third kappa shape index (κ3) is 11.5. The lowest BCUT2D eigenvalue weighted by molar-refractivity contribution is -0.193. The predicted molar refractivity (Wildman–Crippen MR) is 131 cm³/mol. The number of anilines is 1. The molecule has 214 valence electrons. The number of nitrogens with one attached hydrogen (secondary N) is 1. The minimum atomic E-state index is -5.08. The average molecular weight is 563 g/mol. The summed E-state index contributed by atoms with van der Waals surface area (Å²) < 4.78 is 69.5. The molecule has 0 spiro atoms. The first-order valence-electron chi connectivity index (χ1n) is 11.1. The SMILES string of the molecule is CCc1cc(CNC)cc(OCc2ccc3c(C)cc(N)nc3c2)c1.O=C(O)C(F)(F)F.O=C(O)C(F)(F)F. The van der Waals surface area contributed by atoms with E-state index in [2.05, 4.69) is 60.5 Å². The van der Waals surface area contributed by atoms with Gasteiger partial charge in [-0.15, -0.1) is 0 Å². The third-order valence-corrected chi connectivity index (χ3v) is 4.81. The molecule has 0 amide bonds. The van der Waals surface area contributed by atoms with E-state index in [4.69, 9.17) is 30.3 Å². The Kier molecular flexibility index (Phi) is 12.0. The van der Waals surface area contributed by atoms with Crippen LogP contribution in [-0.4, -0.2) is 46.5 Å². The van der Waals surface area contributed by atoms with Crippen molar-refractivity contribution in [1.82, 2.24) is 10.3 Å². The summed E-state index contributed by atoms with van der Waals surface area (Å²) in [5.41, 5.74) is 11.5. The molecule has 39 heavy (non-hydrogen) atoms. The Morgan fingerprint density at radius 2 is 1.46 bits per heavy atom. The standard InChI is InChI=1S/C21H25N3O.2C2HF3O2/c1-4-15-8-17(12-23-3)10-18(9-15)25-13-16-5-6-19-14(2)7-21(22)24-20(19)11-16;2*3-2(4,5)1(6)7/h5-11,23H,4,12-13H2,1-3H3,(H2,22,24);2*(H,6,7). The van der Waals surface area contributed by atoms with Crippen molar-refractivity contribution in [3.05, 3.63) is 64.7 Å². The molecule has 3 aromatic rings. The summed E-state index contributed by atoms with van der Waals surface area (Å²) in [6.45, 7) is 5.56. The van der Waals surface area contributed by atoms with Crippen molar-refractivity contribution >= 4 is 28.7 Å². The molecule has 1 heterocycles. The maximum atomic E-state index is 10.6. The van der Waals surface area contributed by atoms with E-state index in [0.29, 0.717) is 12.4 Å². The van der Waals surface area contributed by atoms with E-state index in [1.54, 1.807) is 0 Å². The lowest BCUT2D eigenvalue weighted by atomic mass is 10.1. The molecule has 0 fully saturated rings. The number of hydrogen-bond acceptors (Lipinski definition) is 6. The molecule has 3 rings (SSSR count). The Labute approximate surface area is 219 Å². The van der Waals surface area contributed by atoms with Crippen LogP contribution < -0.4 is 15.8 Å². The number of fused-ring (bicyclic) bond motifs is 1. The number of nitrogens with zero attached hydrogens (tertiary/aromatic N) is 1. The van der Waals surface area contributed by atoms with Gasteiger partial charge in [-0.2, -0.15) is 26.3 Å². The fraction of sp³-hybridized carbons (Fsp3) is 0.320. The van der Waals surface area contributed by atoms with Crippen LogP contribution in [0.2, 0.25) is 0 Å². The van der Waals surface area contributed by atoms with Crippen LogP contribution in [0.1, 0.15) is 29.2 Å². The van der Waals surface area contributed by atoms with Gasteiger partial charge in [0.15, 0.2) is 0 Å². The first-order chi connectivity index (χ1) is 18.0. The van der Waals surface area contributed by atoms with Gasteiger partial charge in [0.25, 0.3) is 0 Å². The molecule has 5 N–H and O–H groups in total. The van der Waals surface area contributed by atoms with Crippen LogP contribution in [0.3, 0.4) is 0 Å². The van der Waals surface area contributed by atoms with Gasteiger partial charge in [-0.3, -0.25) is 0 Å². The van der Waals surface area contributed by atoms with Crippen molar-refractivity contribution in [2.45, 2.75) is 45.8 Å². The Morgan fingerprint density at radius 3 is 1.95 bits per heavy atom. The van der Waals surface area contributed by atoms with Crippen molar-refractivity contribution in [2.24, 2.45) is 0 Å².